The number of aromatic hydroxyl groups is 1. The van der Waals surface area contributed by atoms with E-state index >= 15 is 0 Å². The molecule has 1 aromatic carbocycles. The molecule has 0 spiro atoms. The maximum atomic E-state index is 9.65. The van der Waals surface area contributed by atoms with Crippen molar-refractivity contribution in [3.63, 3.8) is 0 Å². The topological polar surface area (TPSA) is 52.5 Å². The third-order valence-electron chi connectivity index (χ3n) is 2.94. The number of aliphatic hydroxyl groups is 1. The molecular weight excluding hydrogens is 238 g/mol. The number of phenols is 1. The molecule has 1 atom stereocenters. The van der Waals surface area contributed by atoms with Gasteiger partial charge in [-0.05, 0) is 31.0 Å². The summed E-state index contributed by atoms with van der Waals surface area (Å²) >= 11 is 6.00. The molecule has 17 heavy (non-hydrogen) atoms. The lowest BCUT2D eigenvalue weighted by atomic mass is 10.0. The zero-order chi connectivity index (χ0) is 12.7. The first-order chi connectivity index (χ1) is 8.19. The Hall–Kier alpha value is -0.770. The van der Waals surface area contributed by atoms with Gasteiger partial charge in [0.2, 0.25) is 0 Å². The number of benzene rings is 1. The van der Waals surface area contributed by atoms with Crippen LogP contribution in [0.2, 0.25) is 5.02 Å². The van der Waals surface area contributed by atoms with Crippen LogP contribution in [0.5, 0.6) is 5.75 Å². The van der Waals surface area contributed by atoms with E-state index in [-0.39, 0.29) is 12.4 Å². The first kappa shape index (κ1) is 14.3. The standard InChI is InChI=1S/C13H20ClNO2/c1-2-10(6-7-16)8-15-9-11-12(14)4-3-5-13(11)17/h3-5,10,15-17H,2,6-9H2,1H3. The highest BCUT2D eigenvalue weighted by Crippen LogP contribution is 2.24. The summed E-state index contributed by atoms with van der Waals surface area (Å²) < 4.78 is 0. The Kier molecular flexibility index (Phi) is 6.34. The van der Waals surface area contributed by atoms with E-state index in [9.17, 15) is 5.11 Å². The van der Waals surface area contributed by atoms with Crippen LogP contribution in [0.15, 0.2) is 18.2 Å². The van der Waals surface area contributed by atoms with E-state index in [0.29, 0.717) is 17.5 Å². The second kappa shape index (κ2) is 7.54. The van der Waals surface area contributed by atoms with Gasteiger partial charge in [-0.2, -0.15) is 0 Å². The molecule has 0 saturated carbocycles. The van der Waals surface area contributed by atoms with E-state index < -0.39 is 0 Å². The Labute approximate surface area is 107 Å². The molecule has 1 unspecified atom stereocenters. The molecule has 0 radical (unpaired) electrons. The second-order valence-corrected chi connectivity index (χ2v) is 4.56. The lowest BCUT2D eigenvalue weighted by molar-refractivity contribution is 0.251. The van der Waals surface area contributed by atoms with E-state index in [1.165, 1.54) is 0 Å². The molecule has 3 N–H and O–H groups in total. The fraction of sp³-hybridized carbons (Fsp3) is 0.538. The van der Waals surface area contributed by atoms with E-state index in [4.69, 9.17) is 16.7 Å². The summed E-state index contributed by atoms with van der Waals surface area (Å²) in [6.07, 6.45) is 1.83. The summed E-state index contributed by atoms with van der Waals surface area (Å²) in [5.41, 5.74) is 0.730. The number of phenolic OH excluding ortho intramolecular Hbond substituents is 1. The zero-order valence-corrected chi connectivity index (χ0v) is 10.9. The average molecular weight is 258 g/mol. The molecule has 0 amide bonds. The molecule has 0 aliphatic heterocycles. The molecule has 4 heteroatoms. The Morgan fingerprint density at radius 3 is 2.76 bits per heavy atom. The summed E-state index contributed by atoms with van der Waals surface area (Å²) in [5, 5.41) is 22.4. The summed E-state index contributed by atoms with van der Waals surface area (Å²) in [4.78, 5) is 0. The van der Waals surface area contributed by atoms with Crippen LogP contribution in [-0.2, 0) is 6.54 Å². The van der Waals surface area contributed by atoms with Gasteiger partial charge in [0.1, 0.15) is 5.75 Å². The molecule has 0 saturated heterocycles. The lowest BCUT2D eigenvalue weighted by Gasteiger charge is -2.15. The van der Waals surface area contributed by atoms with Crippen LogP contribution in [0.3, 0.4) is 0 Å². The Balaban J connectivity index is 2.45. The molecule has 0 aliphatic rings. The summed E-state index contributed by atoms with van der Waals surface area (Å²) in [6.45, 7) is 3.70. The average Bonchev–Trinajstić information content (AvgIpc) is 2.31. The van der Waals surface area contributed by atoms with Crippen molar-refractivity contribution in [3.8, 4) is 5.75 Å². The molecule has 0 fully saturated rings. The van der Waals surface area contributed by atoms with E-state index in [1.807, 2.05) is 0 Å². The highest BCUT2D eigenvalue weighted by molar-refractivity contribution is 6.31. The first-order valence-electron chi connectivity index (χ1n) is 5.97. The van der Waals surface area contributed by atoms with Crippen molar-refractivity contribution in [2.75, 3.05) is 13.2 Å². The van der Waals surface area contributed by atoms with Gasteiger partial charge < -0.3 is 15.5 Å². The number of aliphatic hydroxyl groups excluding tert-OH is 1. The molecule has 3 nitrogen and oxygen atoms in total. The molecule has 0 heterocycles. The number of nitrogens with one attached hydrogen (secondary N) is 1. The number of halogens is 1. The SMILES string of the molecule is CCC(CCO)CNCc1c(O)cccc1Cl. The van der Waals surface area contributed by atoms with Crippen LogP contribution >= 0.6 is 11.6 Å². The van der Waals surface area contributed by atoms with Crippen LogP contribution in [0.4, 0.5) is 0 Å². The quantitative estimate of drug-likeness (QED) is 0.704. The first-order valence-corrected chi connectivity index (χ1v) is 6.34. The van der Waals surface area contributed by atoms with E-state index in [0.717, 1.165) is 24.9 Å². The van der Waals surface area contributed by atoms with Gasteiger partial charge in [-0.25, -0.2) is 0 Å². The van der Waals surface area contributed by atoms with Gasteiger partial charge in [0.15, 0.2) is 0 Å². The predicted octanol–water partition coefficient (Wildman–Crippen LogP) is 2.54. The fourth-order valence-corrected chi connectivity index (χ4v) is 1.99. The van der Waals surface area contributed by atoms with E-state index in [2.05, 4.69) is 12.2 Å². The largest absolute Gasteiger partial charge is 0.508 e. The summed E-state index contributed by atoms with van der Waals surface area (Å²) in [6, 6.07) is 5.12. The van der Waals surface area contributed by atoms with Gasteiger partial charge in [-0.3, -0.25) is 0 Å². The molecule has 0 aromatic heterocycles. The highest BCUT2D eigenvalue weighted by Gasteiger charge is 2.08. The van der Waals surface area contributed by atoms with Gasteiger partial charge in [0, 0.05) is 23.7 Å². The number of hydrogen-bond acceptors (Lipinski definition) is 3. The van der Waals surface area contributed by atoms with Crippen molar-refractivity contribution in [1.82, 2.24) is 5.32 Å². The minimum atomic E-state index is 0.220. The van der Waals surface area contributed by atoms with Crippen molar-refractivity contribution >= 4 is 11.6 Å². The van der Waals surface area contributed by atoms with Crippen molar-refractivity contribution in [2.24, 2.45) is 5.92 Å². The van der Waals surface area contributed by atoms with Gasteiger partial charge in [0.25, 0.3) is 0 Å². The minimum absolute atomic E-state index is 0.220. The van der Waals surface area contributed by atoms with Crippen LogP contribution in [0, 0.1) is 5.92 Å². The molecular formula is C13H20ClNO2. The van der Waals surface area contributed by atoms with Crippen molar-refractivity contribution in [2.45, 2.75) is 26.3 Å². The van der Waals surface area contributed by atoms with Crippen LogP contribution < -0.4 is 5.32 Å². The van der Waals surface area contributed by atoms with Crippen molar-refractivity contribution < 1.29 is 10.2 Å². The fourth-order valence-electron chi connectivity index (χ4n) is 1.76. The van der Waals surface area contributed by atoms with Gasteiger partial charge in [0.05, 0.1) is 0 Å². The van der Waals surface area contributed by atoms with Crippen LogP contribution in [0.1, 0.15) is 25.3 Å². The Bertz CT molecular complexity index is 324. The predicted molar refractivity (Wildman–Crippen MR) is 70.3 cm³/mol. The second-order valence-electron chi connectivity index (χ2n) is 4.15. The van der Waals surface area contributed by atoms with Crippen molar-refractivity contribution in [1.29, 1.82) is 0 Å². The van der Waals surface area contributed by atoms with E-state index in [1.54, 1.807) is 18.2 Å². The third kappa shape index (κ3) is 4.54. The summed E-state index contributed by atoms with van der Waals surface area (Å²) in [5.74, 6) is 0.685. The van der Waals surface area contributed by atoms with Gasteiger partial charge in [-0.1, -0.05) is 31.0 Å². The monoisotopic (exact) mass is 257 g/mol. The number of rotatable bonds is 7. The normalized spacial score (nSPS) is 12.6. The van der Waals surface area contributed by atoms with Crippen LogP contribution in [0.25, 0.3) is 0 Å². The summed E-state index contributed by atoms with van der Waals surface area (Å²) in [7, 11) is 0. The van der Waals surface area contributed by atoms with Crippen LogP contribution in [-0.4, -0.2) is 23.4 Å². The third-order valence-corrected chi connectivity index (χ3v) is 3.30. The molecule has 0 bridgehead atoms. The molecule has 1 aromatic rings. The Morgan fingerprint density at radius 1 is 1.41 bits per heavy atom. The molecule has 96 valence electrons. The maximum Gasteiger partial charge on any atom is 0.121 e. The van der Waals surface area contributed by atoms with Gasteiger partial charge >= 0.3 is 0 Å². The van der Waals surface area contributed by atoms with Crippen molar-refractivity contribution in [3.05, 3.63) is 28.8 Å². The van der Waals surface area contributed by atoms with Gasteiger partial charge in [-0.15, -0.1) is 0 Å². The molecule has 0 aliphatic carbocycles. The number of hydrogen-bond donors (Lipinski definition) is 3. The maximum absolute atomic E-state index is 9.65. The minimum Gasteiger partial charge on any atom is -0.508 e. The highest BCUT2D eigenvalue weighted by atomic mass is 35.5. The molecule has 1 rings (SSSR count). The smallest absolute Gasteiger partial charge is 0.121 e. The lowest BCUT2D eigenvalue weighted by Crippen LogP contribution is -2.23. The Morgan fingerprint density at radius 2 is 2.18 bits per heavy atom. The zero-order valence-electron chi connectivity index (χ0n) is 10.1.